The molecule has 2 aromatic carbocycles. The second-order valence-electron chi connectivity index (χ2n) is 7.63. The van der Waals surface area contributed by atoms with Crippen molar-refractivity contribution < 1.29 is 28.2 Å². The molecule has 10 heteroatoms. The van der Waals surface area contributed by atoms with Gasteiger partial charge < -0.3 is 14.2 Å². The summed E-state index contributed by atoms with van der Waals surface area (Å²) in [4.78, 5) is 42.6. The number of methoxy groups -OCH3 is 2. The van der Waals surface area contributed by atoms with Crippen LogP contribution in [-0.4, -0.2) is 30.7 Å². The maximum Gasteiger partial charge on any atom is 0.338 e. The summed E-state index contributed by atoms with van der Waals surface area (Å²) < 4.78 is 30.7. The SMILES string of the molecule is COC(=O)C1=C(C)N=c2s/c(=C/c3ccc(F)cc3)c(=O)n2C1c1ccc(OC(C)=O)c(OC)c1. The van der Waals surface area contributed by atoms with Gasteiger partial charge in [-0.1, -0.05) is 29.5 Å². The Hall–Kier alpha value is -4.05. The van der Waals surface area contributed by atoms with Gasteiger partial charge in [0.05, 0.1) is 36.1 Å². The maximum atomic E-state index is 13.5. The van der Waals surface area contributed by atoms with Gasteiger partial charge in [-0.15, -0.1) is 0 Å². The van der Waals surface area contributed by atoms with E-state index >= 15 is 0 Å². The van der Waals surface area contributed by atoms with Crippen LogP contribution in [0.1, 0.15) is 31.0 Å². The van der Waals surface area contributed by atoms with E-state index in [0.717, 1.165) is 11.3 Å². The second-order valence-corrected chi connectivity index (χ2v) is 8.64. The van der Waals surface area contributed by atoms with E-state index in [4.69, 9.17) is 14.2 Å². The third-order valence-electron chi connectivity index (χ3n) is 5.35. The Kier molecular flexibility index (Phi) is 6.65. The van der Waals surface area contributed by atoms with Gasteiger partial charge in [0, 0.05) is 6.92 Å². The Bertz CT molecular complexity index is 1540. The average Bonchev–Trinajstić information content (AvgIpc) is 3.13. The van der Waals surface area contributed by atoms with Crippen LogP contribution in [0.15, 0.2) is 63.5 Å². The number of fused-ring (bicyclic) bond motifs is 1. The van der Waals surface area contributed by atoms with Crippen LogP contribution in [-0.2, 0) is 14.3 Å². The zero-order chi connectivity index (χ0) is 25.3. The lowest BCUT2D eigenvalue weighted by molar-refractivity contribution is -0.136. The van der Waals surface area contributed by atoms with E-state index in [9.17, 15) is 18.8 Å². The molecule has 4 rings (SSSR count). The van der Waals surface area contributed by atoms with Crippen LogP contribution in [0.4, 0.5) is 4.39 Å². The van der Waals surface area contributed by atoms with Gasteiger partial charge in [-0.05, 0) is 48.4 Å². The molecule has 0 bridgehead atoms. The van der Waals surface area contributed by atoms with Gasteiger partial charge in [0.15, 0.2) is 16.3 Å². The average molecular weight is 497 g/mol. The topological polar surface area (TPSA) is 96.2 Å². The van der Waals surface area contributed by atoms with Gasteiger partial charge in [-0.25, -0.2) is 14.2 Å². The fourth-order valence-corrected chi connectivity index (χ4v) is 4.86. The van der Waals surface area contributed by atoms with E-state index in [1.54, 1.807) is 37.3 Å². The Morgan fingerprint density at radius 3 is 2.46 bits per heavy atom. The molecule has 0 spiro atoms. The number of halogens is 1. The first-order valence-electron chi connectivity index (χ1n) is 10.5. The Morgan fingerprint density at radius 1 is 1.11 bits per heavy atom. The zero-order valence-corrected chi connectivity index (χ0v) is 20.1. The number of benzene rings is 2. The number of thiazole rings is 1. The zero-order valence-electron chi connectivity index (χ0n) is 19.3. The summed E-state index contributed by atoms with van der Waals surface area (Å²) in [7, 11) is 2.67. The van der Waals surface area contributed by atoms with Crippen molar-refractivity contribution in [3.8, 4) is 11.5 Å². The number of ether oxygens (including phenoxy) is 3. The molecule has 0 fully saturated rings. The van der Waals surface area contributed by atoms with Gasteiger partial charge in [-0.2, -0.15) is 0 Å². The Labute approximate surface area is 203 Å². The van der Waals surface area contributed by atoms with E-state index in [0.29, 0.717) is 26.2 Å². The molecule has 2 heterocycles. The normalized spacial score (nSPS) is 15.3. The monoisotopic (exact) mass is 496 g/mol. The summed E-state index contributed by atoms with van der Waals surface area (Å²) in [5.41, 5.74) is 1.39. The lowest BCUT2D eigenvalue weighted by atomic mass is 9.95. The molecule has 1 unspecified atom stereocenters. The van der Waals surface area contributed by atoms with Gasteiger partial charge in [0.25, 0.3) is 5.56 Å². The molecule has 1 atom stereocenters. The fraction of sp³-hybridized carbons (Fsp3) is 0.200. The van der Waals surface area contributed by atoms with Crippen molar-refractivity contribution >= 4 is 29.4 Å². The number of esters is 2. The first-order valence-corrected chi connectivity index (χ1v) is 11.3. The molecule has 0 saturated heterocycles. The molecule has 35 heavy (non-hydrogen) atoms. The molecule has 0 amide bonds. The number of rotatable bonds is 5. The highest BCUT2D eigenvalue weighted by molar-refractivity contribution is 7.07. The van der Waals surface area contributed by atoms with Gasteiger partial charge >= 0.3 is 11.9 Å². The van der Waals surface area contributed by atoms with Crippen molar-refractivity contribution in [3.63, 3.8) is 0 Å². The quantitative estimate of drug-likeness (QED) is 0.398. The highest BCUT2D eigenvalue weighted by Gasteiger charge is 2.33. The minimum atomic E-state index is -0.866. The van der Waals surface area contributed by atoms with Crippen LogP contribution in [0, 0.1) is 5.82 Å². The molecule has 0 N–H and O–H groups in total. The molecule has 1 aliphatic rings. The Balaban J connectivity index is 1.95. The second kappa shape index (κ2) is 9.67. The van der Waals surface area contributed by atoms with Crippen LogP contribution in [0.2, 0.25) is 0 Å². The molecule has 0 radical (unpaired) electrons. The summed E-state index contributed by atoms with van der Waals surface area (Å²) in [6, 6.07) is 9.66. The summed E-state index contributed by atoms with van der Waals surface area (Å²) in [5, 5.41) is 0. The number of nitrogens with zero attached hydrogens (tertiary/aromatic N) is 2. The van der Waals surface area contributed by atoms with Crippen LogP contribution >= 0.6 is 11.3 Å². The van der Waals surface area contributed by atoms with Crippen molar-refractivity contribution in [2.75, 3.05) is 14.2 Å². The third kappa shape index (κ3) is 4.65. The molecule has 0 aliphatic carbocycles. The van der Waals surface area contributed by atoms with Crippen LogP contribution < -0.4 is 24.4 Å². The number of carbonyl (C=O) groups is 2. The van der Waals surface area contributed by atoms with Crippen molar-refractivity contribution in [3.05, 3.63) is 90.4 Å². The van der Waals surface area contributed by atoms with Crippen molar-refractivity contribution in [1.29, 1.82) is 0 Å². The number of aromatic nitrogens is 1. The predicted molar refractivity (Wildman–Crippen MR) is 126 cm³/mol. The highest BCUT2D eigenvalue weighted by Crippen LogP contribution is 2.36. The van der Waals surface area contributed by atoms with Crippen LogP contribution in [0.5, 0.6) is 11.5 Å². The molecule has 0 saturated carbocycles. The minimum absolute atomic E-state index is 0.190. The summed E-state index contributed by atoms with van der Waals surface area (Å²) in [5.74, 6) is -1.08. The summed E-state index contributed by atoms with van der Waals surface area (Å²) in [6.45, 7) is 2.94. The first-order chi connectivity index (χ1) is 16.7. The molecule has 3 aromatic rings. The number of carbonyl (C=O) groups excluding carboxylic acids is 2. The van der Waals surface area contributed by atoms with E-state index in [-0.39, 0.29) is 28.4 Å². The van der Waals surface area contributed by atoms with E-state index in [1.807, 2.05) is 0 Å². The molecule has 1 aromatic heterocycles. The van der Waals surface area contributed by atoms with E-state index in [1.165, 1.54) is 43.9 Å². The number of hydrogen-bond acceptors (Lipinski definition) is 8. The minimum Gasteiger partial charge on any atom is -0.493 e. The third-order valence-corrected chi connectivity index (χ3v) is 6.33. The van der Waals surface area contributed by atoms with Crippen LogP contribution in [0.3, 0.4) is 0 Å². The van der Waals surface area contributed by atoms with Gasteiger partial charge in [0.2, 0.25) is 0 Å². The van der Waals surface area contributed by atoms with Gasteiger partial charge in [0.1, 0.15) is 5.82 Å². The van der Waals surface area contributed by atoms with E-state index < -0.39 is 18.0 Å². The first kappa shape index (κ1) is 24.1. The molecule has 1 aliphatic heterocycles. The lowest BCUT2D eigenvalue weighted by Gasteiger charge is -2.25. The van der Waals surface area contributed by atoms with Crippen molar-refractivity contribution in [2.24, 2.45) is 4.99 Å². The molecule has 180 valence electrons. The Morgan fingerprint density at radius 2 is 1.83 bits per heavy atom. The van der Waals surface area contributed by atoms with E-state index in [2.05, 4.69) is 4.99 Å². The molecule has 8 nitrogen and oxygen atoms in total. The van der Waals surface area contributed by atoms with Crippen molar-refractivity contribution in [2.45, 2.75) is 19.9 Å². The number of allylic oxidation sites excluding steroid dienone is 1. The van der Waals surface area contributed by atoms with Crippen molar-refractivity contribution in [1.82, 2.24) is 4.57 Å². The summed E-state index contributed by atoms with van der Waals surface area (Å²) in [6.07, 6.45) is 1.64. The standard InChI is InChI=1S/C25H21FN2O6S/c1-13-21(24(31)33-4)22(16-7-10-18(34-14(2)29)19(12-16)32-3)28-23(30)20(35-25(28)27-13)11-15-5-8-17(26)9-6-15/h5-12,22H,1-4H3/b20-11+. The number of hydrogen-bond donors (Lipinski definition) is 0. The fourth-order valence-electron chi connectivity index (χ4n) is 3.81. The van der Waals surface area contributed by atoms with Crippen LogP contribution in [0.25, 0.3) is 6.08 Å². The summed E-state index contributed by atoms with van der Waals surface area (Å²) >= 11 is 1.15. The predicted octanol–water partition coefficient (Wildman–Crippen LogP) is 2.48. The maximum absolute atomic E-state index is 13.5. The lowest BCUT2D eigenvalue weighted by Crippen LogP contribution is -2.39. The molecular weight excluding hydrogens is 475 g/mol. The highest BCUT2D eigenvalue weighted by atomic mass is 32.1. The van der Waals surface area contributed by atoms with Gasteiger partial charge in [-0.3, -0.25) is 14.2 Å². The largest absolute Gasteiger partial charge is 0.493 e. The smallest absolute Gasteiger partial charge is 0.338 e. The molecular formula is C25H21FN2O6S.